The molecule has 0 saturated carbocycles. The Kier molecular flexibility index (Phi) is 7.16. The lowest BCUT2D eigenvalue weighted by Gasteiger charge is -2.29. The van der Waals surface area contributed by atoms with Gasteiger partial charge in [-0.1, -0.05) is 41.9 Å². The minimum Gasteiger partial charge on any atom is -0.355 e. The molecule has 26 heavy (non-hydrogen) atoms. The van der Waals surface area contributed by atoms with E-state index in [-0.39, 0.29) is 24.8 Å². The molecular weight excluding hydrogens is 355 g/mol. The fourth-order valence-corrected chi connectivity index (χ4v) is 2.85. The zero-order chi connectivity index (χ0) is 19.1. The molecule has 0 aliphatic heterocycles. The van der Waals surface area contributed by atoms with Gasteiger partial charge >= 0.3 is 0 Å². The van der Waals surface area contributed by atoms with Crippen molar-refractivity contribution in [1.82, 2.24) is 10.2 Å². The highest BCUT2D eigenvalue weighted by atomic mass is 35.5. The topological polar surface area (TPSA) is 49.4 Å². The Morgan fingerprint density at radius 2 is 1.92 bits per heavy atom. The van der Waals surface area contributed by atoms with E-state index in [4.69, 9.17) is 11.6 Å². The van der Waals surface area contributed by atoms with E-state index in [0.717, 1.165) is 5.56 Å². The maximum absolute atomic E-state index is 14.0. The van der Waals surface area contributed by atoms with Crippen LogP contribution in [0.3, 0.4) is 0 Å². The van der Waals surface area contributed by atoms with Crippen LogP contribution in [0.25, 0.3) is 0 Å². The molecule has 2 aromatic carbocycles. The van der Waals surface area contributed by atoms with E-state index >= 15 is 0 Å². The normalized spacial score (nSPS) is 11.7. The van der Waals surface area contributed by atoms with Gasteiger partial charge in [-0.25, -0.2) is 4.39 Å². The van der Waals surface area contributed by atoms with Gasteiger partial charge in [-0.15, -0.1) is 0 Å². The van der Waals surface area contributed by atoms with Crippen molar-refractivity contribution in [3.05, 3.63) is 70.5 Å². The first kappa shape index (κ1) is 19.9. The second-order valence-electron chi connectivity index (χ2n) is 5.99. The van der Waals surface area contributed by atoms with Gasteiger partial charge in [0.25, 0.3) is 0 Å². The number of hydrogen-bond acceptors (Lipinski definition) is 2. The third-order valence-corrected chi connectivity index (χ3v) is 4.30. The number of carbonyl (C=O) groups excluding carboxylic acids is 2. The van der Waals surface area contributed by atoms with E-state index in [1.165, 1.54) is 11.0 Å². The molecule has 2 rings (SSSR count). The Balaban J connectivity index is 2.25. The Labute approximate surface area is 158 Å². The zero-order valence-electron chi connectivity index (χ0n) is 14.8. The average Bonchev–Trinajstić information content (AvgIpc) is 2.60. The van der Waals surface area contributed by atoms with Crippen molar-refractivity contribution in [2.24, 2.45) is 0 Å². The molecule has 4 nitrogen and oxygen atoms in total. The van der Waals surface area contributed by atoms with Gasteiger partial charge in [0, 0.05) is 23.7 Å². The summed E-state index contributed by atoms with van der Waals surface area (Å²) in [6, 6.07) is 12.5. The number of halogens is 2. The van der Waals surface area contributed by atoms with Crippen LogP contribution < -0.4 is 5.32 Å². The first-order valence-corrected chi connectivity index (χ1v) is 8.85. The van der Waals surface area contributed by atoms with Gasteiger partial charge < -0.3 is 10.2 Å². The van der Waals surface area contributed by atoms with E-state index in [2.05, 4.69) is 5.32 Å². The summed E-state index contributed by atoms with van der Waals surface area (Å²) in [5.41, 5.74) is 1.10. The van der Waals surface area contributed by atoms with E-state index in [1.807, 2.05) is 0 Å². The Hall–Kier alpha value is -2.40. The fraction of sp³-hybridized carbons (Fsp3) is 0.300. The molecule has 2 aromatic rings. The van der Waals surface area contributed by atoms with Crippen LogP contribution in [0.5, 0.6) is 0 Å². The predicted octanol–water partition coefficient (Wildman–Crippen LogP) is 3.58. The van der Waals surface area contributed by atoms with Crippen molar-refractivity contribution >= 4 is 23.4 Å². The highest BCUT2D eigenvalue weighted by Crippen LogP contribution is 2.16. The molecule has 1 unspecified atom stereocenters. The van der Waals surface area contributed by atoms with Crippen molar-refractivity contribution in [1.29, 1.82) is 0 Å². The van der Waals surface area contributed by atoms with Crippen LogP contribution in [-0.2, 0) is 22.6 Å². The van der Waals surface area contributed by atoms with Crippen molar-refractivity contribution in [3.63, 3.8) is 0 Å². The van der Waals surface area contributed by atoms with E-state index in [9.17, 15) is 14.0 Å². The van der Waals surface area contributed by atoms with Crippen LogP contribution in [0.1, 0.15) is 25.0 Å². The summed E-state index contributed by atoms with van der Waals surface area (Å²) in [6.07, 6.45) is 0.0821. The number of amides is 2. The summed E-state index contributed by atoms with van der Waals surface area (Å²) in [5, 5.41) is 3.24. The van der Waals surface area contributed by atoms with Crippen molar-refractivity contribution in [2.45, 2.75) is 32.9 Å². The number of benzene rings is 2. The van der Waals surface area contributed by atoms with Crippen LogP contribution in [0.2, 0.25) is 5.02 Å². The Morgan fingerprint density at radius 1 is 1.19 bits per heavy atom. The summed E-state index contributed by atoms with van der Waals surface area (Å²) < 4.78 is 14.0. The third kappa shape index (κ3) is 5.30. The first-order valence-electron chi connectivity index (χ1n) is 8.47. The predicted molar refractivity (Wildman–Crippen MR) is 100 cm³/mol. The molecule has 0 saturated heterocycles. The monoisotopic (exact) mass is 376 g/mol. The molecule has 0 spiro atoms. The van der Waals surface area contributed by atoms with E-state index in [1.54, 1.807) is 56.3 Å². The third-order valence-electron chi connectivity index (χ3n) is 4.06. The molecule has 0 aromatic heterocycles. The number of hydrogen-bond donors (Lipinski definition) is 1. The molecule has 138 valence electrons. The van der Waals surface area contributed by atoms with Crippen molar-refractivity contribution in [3.8, 4) is 0 Å². The number of rotatable bonds is 7. The summed E-state index contributed by atoms with van der Waals surface area (Å²) in [7, 11) is 0. The lowest BCUT2D eigenvalue weighted by Crippen LogP contribution is -2.48. The highest BCUT2D eigenvalue weighted by molar-refractivity contribution is 6.30. The lowest BCUT2D eigenvalue weighted by molar-refractivity contribution is -0.140. The molecule has 0 heterocycles. The smallest absolute Gasteiger partial charge is 0.242 e. The van der Waals surface area contributed by atoms with Gasteiger partial charge in [0.1, 0.15) is 11.9 Å². The SMILES string of the molecule is CCNC(=O)C(C)N(Cc1ccccc1F)C(=O)Cc1cccc(Cl)c1. The number of nitrogens with zero attached hydrogens (tertiary/aromatic N) is 1. The molecule has 0 aliphatic rings. The number of likely N-dealkylation sites (N-methyl/N-ethyl adjacent to an activating group) is 1. The quantitative estimate of drug-likeness (QED) is 0.803. The maximum atomic E-state index is 14.0. The molecule has 2 amide bonds. The van der Waals surface area contributed by atoms with Gasteiger partial charge in [0.2, 0.25) is 11.8 Å². The zero-order valence-corrected chi connectivity index (χ0v) is 15.6. The van der Waals surface area contributed by atoms with Gasteiger partial charge in [0.15, 0.2) is 0 Å². The summed E-state index contributed by atoms with van der Waals surface area (Å²) in [6.45, 7) is 3.92. The van der Waals surface area contributed by atoms with Crippen LogP contribution >= 0.6 is 11.6 Å². The molecular formula is C20H22ClFN2O2. The van der Waals surface area contributed by atoms with Crippen molar-refractivity contribution in [2.75, 3.05) is 6.54 Å². The highest BCUT2D eigenvalue weighted by Gasteiger charge is 2.26. The number of nitrogens with one attached hydrogen (secondary N) is 1. The van der Waals surface area contributed by atoms with Crippen molar-refractivity contribution < 1.29 is 14.0 Å². The minimum absolute atomic E-state index is 0.0182. The standard InChI is InChI=1S/C20H22ClFN2O2/c1-3-23-20(26)14(2)24(13-16-8-4-5-10-18(16)22)19(25)12-15-7-6-9-17(21)11-15/h4-11,14H,3,12-13H2,1-2H3,(H,23,26). The second kappa shape index (κ2) is 9.34. The molecule has 0 aliphatic carbocycles. The van der Waals surface area contributed by atoms with Gasteiger partial charge in [-0.3, -0.25) is 9.59 Å². The molecule has 0 radical (unpaired) electrons. The van der Waals surface area contributed by atoms with E-state index in [0.29, 0.717) is 17.1 Å². The van der Waals surface area contributed by atoms with Crippen LogP contribution in [0.4, 0.5) is 4.39 Å². The molecule has 1 atom stereocenters. The first-order chi connectivity index (χ1) is 12.4. The summed E-state index contributed by atoms with van der Waals surface area (Å²) in [5.74, 6) is -0.950. The van der Waals surface area contributed by atoms with Gasteiger partial charge in [-0.2, -0.15) is 0 Å². The van der Waals surface area contributed by atoms with Crippen LogP contribution in [0.15, 0.2) is 48.5 Å². The van der Waals surface area contributed by atoms with Gasteiger partial charge in [-0.05, 0) is 37.6 Å². The fourth-order valence-electron chi connectivity index (χ4n) is 2.64. The second-order valence-corrected chi connectivity index (χ2v) is 6.43. The van der Waals surface area contributed by atoms with Crippen LogP contribution in [-0.4, -0.2) is 29.3 Å². The minimum atomic E-state index is -0.721. The summed E-state index contributed by atoms with van der Waals surface area (Å²) >= 11 is 5.97. The average molecular weight is 377 g/mol. The Morgan fingerprint density at radius 3 is 2.58 bits per heavy atom. The number of carbonyl (C=O) groups is 2. The molecule has 1 N–H and O–H groups in total. The maximum Gasteiger partial charge on any atom is 0.242 e. The lowest BCUT2D eigenvalue weighted by atomic mass is 10.1. The largest absolute Gasteiger partial charge is 0.355 e. The van der Waals surface area contributed by atoms with Crippen LogP contribution in [0, 0.1) is 5.82 Å². The molecule has 6 heteroatoms. The molecule has 0 bridgehead atoms. The molecule has 0 fully saturated rings. The van der Waals surface area contributed by atoms with Gasteiger partial charge in [0.05, 0.1) is 6.42 Å². The summed E-state index contributed by atoms with van der Waals surface area (Å²) in [4.78, 5) is 26.5. The van der Waals surface area contributed by atoms with E-state index < -0.39 is 11.9 Å². The Bertz CT molecular complexity index is 782.